The van der Waals surface area contributed by atoms with Gasteiger partial charge in [0.15, 0.2) is 5.96 Å². The van der Waals surface area contributed by atoms with Gasteiger partial charge in [-0.2, -0.15) is 11.3 Å². The second-order valence-electron chi connectivity index (χ2n) is 5.35. The lowest BCUT2D eigenvalue weighted by atomic mass is 10.3. The third kappa shape index (κ3) is 7.48. The summed E-state index contributed by atoms with van der Waals surface area (Å²) in [4.78, 5) is 8.89. The van der Waals surface area contributed by atoms with Crippen LogP contribution >= 0.6 is 35.3 Å². The van der Waals surface area contributed by atoms with Gasteiger partial charge in [0.1, 0.15) is 0 Å². The number of hydrogen-bond donors (Lipinski definition) is 2. The normalized spacial score (nSPS) is 11.1. The molecular formula is C17H25IN4OS. The van der Waals surface area contributed by atoms with Crippen molar-refractivity contribution in [3.8, 4) is 5.88 Å². The van der Waals surface area contributed by atoms with Gasteiger partial charge in [-0.05, 0) is 48.7 Å². The number of nitrogens with one attached hydrogen (secondary N) is 2. The second kappa shape index (κ2) is 11.2. The molecular weight excluding hydrogens is 435 g/mol. The van der Waals surface area contributed by atoms with Gasteiger partial charge in [0.05, 0.1) is 12.6 Å². The minimum absolute atomic E-state index is 0. The van der Waals surface area contributed by atoms with Crippen molar-refractivity contribution in [1.82, 2.24) is 15.6 Å². The zero-order valence-electron chi connectivity index (χ0n) is 14.3. The van der Waals surface area contributed by atoms with Crippen LogP contribution in [-0.4, -0.2) is 23.6 Å². The Bertz CT molecular complexity index is 600. The number of halogens is 1. The molecule has 0 aliphatic rings. The Balaban J connectivity index is 0.00000288. The van der Waals surface area contributed by atoms with Crippen LogP contribution in [0.5, 0.6) is 5.88 Å². The van der Waals surface area contributed by atoms with Crippen molar-refractivity contribution >= 4 is 41.3 Å². The minimum Gasteiger partial charge on any atom is -0.475 e. The molecule has 0 bridgehead atoms. The van der Waals surface area contributed by atoms with Crippen LogP contribution in [0.25, 0.3) is 0 Å². The van der Waals surface area contributed by atoms with Crippen molar-refractivity contribution in [3.63, 3.8) is 0 Å². The van der Waals surface area contributed by atoms with Gasteiger partial charge in [-0.1, -0.05) is 6.07 Å². The number of thiophene rings is 1. The summed E-state index contributed by atoms with van der Waals surface area (Å²) in [7, 11) is 0. The number of aromatic nitrogens is 1. The number of ether oxygens (including phenoxy) is 1. The van der Waals surface area contributed by atoms with E-state index in [2.05, 4.69) is 44.4 Å². The molecule has 0 spiro atoms. The Labute approximate surface area is 165 Å². The molecule has 0 aromatic carbocycles. The molecule has 5 nitrogen and oxygen atoms in total. The highest BCUT2D eigenvalue weighted by atomic mass is 127. The quantitative estimate of drug-likeness (QED) is 0.375. The van der Waals surface area contributed by atoms with Gasteiger partial charge in [0.2, 0.25) is 5.88 Å². The minimum atomic E-state index is 0. The van der Waals surface area contributed by atoms with E-state index in [1.54, 1.807) is 11.3 Å². The summed E-state index contributed by atoms with van der Waals surface area (Å²) < 4.78 is 5.55. The second-order valence-corrected chi connectivity index (χ2v) is 6.13. The van der Waals surface area contributed by atoms with Gasteiger partial charge in [-0.15, -0.1) is 24.0 Å². The van der Waals surface area contributed by atoms with Gasteiger partial charge in [-0.3, -0.25) is 0 Å². The molecule has 132 valence electrons. The van der Waals surface area contributed by atoms with E-state index in [0.717, 1.165) is 18.1 Å². The Morgan fingerprint density at radius 3 is 2.67 bits per heavy atom. The van der Waals surface area contributed by atoms with Crippen molar-refractivity contribution < 1.29 is 4.74 Å². The fourth-order valence-electron chi connectivity index (χ4n) is 1.91. The van der Waals surface area contributed by atoms with E-state index in [-0.39, 0.29) is 30.1 Å². The summed E-state index contributed by atoms with van der Waals surface area (Å²) >= 11 is 1.69. The monoisotopic (exact) mass is 460 g/mol. The number of nitrogens with zero attached hydrogens (tertiary/aromatic N) is 2. The molecule has 0 aliphatic heterocycles. The SMILES string of the molecule is CCNC(=NCc1ccsc1)NCc1ccc(OC(C)C)nc1.I. The third-order valence-electron chi connectivity index (χ3n) is 2.96. The van der Waals surface area contributed by atoms with Crippen molar-refractivity contribution in [3.05, 3.63) is 46.3 Å². The zero-order chi connectivity index (χ0) is 16.5. The maximum atomic E-state index is 5.55. The first-order chi connectivity index (χ1) is 11.2. The standard InChI is InChI=1S/C17H24N4OS.HI/c1-4-18-17(21-11-15-7-8-23-12-15)20-10-14-5-6-16(19-9-14)22-13(2)3;/h5-9,12-13H,4,10-11H2,1-3H3,(H2,18,20,21);1H. The van der Waals surface area contributed by atoms with E-state index in [9.17, 15) is 0 Å². The Hall–Kier alpha value is -1.35. The zero-order valence-corrected chi connectivity index (χ0v) is 17.4. The highest BCUT2D eigenvalue weighted by Gasteiger charge is 2.02. The van der Waals surface area contributed by atoms with Crippen molar-refractivity contribution in [1.29, 1.82) is 0 Å². The van der Waals surface area contributed by atoms with Gasteiger partial charge < -0.3 is 15.4 Å². The summed E-state index contributed by atoms with van der Waals surface area (Å²) in [5.41, 5.74) is 2.31. The fraction of sp³-hybridized carbons (Fsp3) is 0.412. The lowest BCUT2D eigenvalue weighted by molar-refractivity contribution is 0.232. The molecule has 2 aromatic rings. The molecule has 0 amide bonds. The maximum absolute atomic E-state index is 5.55. The van der Waals surface area contributed by atoms with Crippen LogP contribution in [0.15, 0.2) is 40.1 Å². The molecule has 0 aliphatic carbocycles. The molecule has 24 heavy (non-hydrogen) atoms. The van der Waals surface area contributed by atoms with Gasteiger partial charge in [-0.25, -0.2) is 9.98 Å². The maximum Gasteiger partial charge on any atom is 0.213 e. The molecule has 0 saturated heterocycles. The van der Waals surface area contributed by atoms with Crippen molar-refractivity contribution in [2.24, 2.45) is 4.99 Å². The average Bonchev–Trinajstić information content (AvgIpc) is 3.04. The largest absolute Gasteiger partial charge is 0.475 e. The van der Waals surface area contributed by atoms with Crippen LogP contribution in [0.1, 0.15) is 31.9 Å². The number of hydrogen-bond acceptors (Lipinski definition) is 4. The fourth-order valence-corrected chi connectivity index (χ4v) is 2.57. The third-order valence-corrected chi connectivity index (χ3v) is 3.69. The van der Waals surface area contributed by atoms with Crippen LogP contribution in [-0.2, 0) is 13.1 Å². The number of rotatable bonds is 7. The van der Waals surface area contributed by atoms with E-state index in [1.807, 2.05) is 32.2 Å². The first-order valence-electron chi connectivity index (χ1n) is 7.82. The Morgan fingerprint density at radius 1 is 1.25 bits per heavy atom. The van der Waals surface area contributed by atoms with Crippen molar-refractivity contribution in [2.75, 3.05) is 6.54 Å². The topological polar surface area (TPSA) is 58.5 Å². The summed E-state index contributed by atoms with van der Waals surface area (Å²) in [6.45, 7) is 8.21. The molecule has 2 heterocycles. The lowest BCUT2D eigenvalue weighted by Gasteiger charge is -2.12. The highest BCUT2D eigenvalue weighted by Crippen LogP contribution is 2.09. The van der Waals surface area contributed by atoms with Crippen LogP contribution in [0.3, 0.4) is 0 Å². The van der Waals surface area contributed by atoms with Crippen LogP contribution < -0.4 is 15.4 Å². The van der Waals surface area contributed by atoms with Gasteiger partial charge in [0.25, 0.3) is 0 Å². The summed E-state index contributed by atoms with van der Waals surface area (Å²) in [5, 5.41) is 10.8. The first-order valence-corrected chi connectivity index (χ1v) is 8.76. The molecule has 0 radical (unpaired) electrons. The van der Waals surface area contributed by atoms with Crippen molar-refractivity contribution in [2.45, 2.75) is 40.0 Å². The van der Waals surface area contributed by atoms with E-state index in [1.165, 1.54) is 5.56 Å². The van der Waals surface area contributed by atoms with E-state index < -0.39 is 0 Å². The summed E-state index contributed by atoms with van der Waals surface area (Å²) in [6, 6.07) is 6.00. The van der Waals surface area contributed by atoms with E-state index >= 15 is 0 Å². The van der Waals surface area contributed by atoms with Crippen LogP contribution in [0.2, 0.25) is 0 Å². The van der Waals surface area contributed by atoms with Crippen LogP contribution in [0.4, 0.5) is 0 Å². The molecule has 2 aromatic heterocycles. The number of guanidine groups is 1. The Kier molecular flexibility index (Phi) is 9.70. The molecule has 0 fully saturated rings. The number of aliphatic imine (C=N–C) groups is 1. The van der Waals surface area contributed by atoms with E-state index in [4.69, 9.17) is 4.74 Å². The molecule has 0 saturated carbocycles. The lowest BCUT2D eigenvalue weighted by Crippen LogP contribution is -2.36. The summed E-state index contributed by atoms with van der Waals surface area (Å²) in [6.07, 6.45) is 1.96. The number of pyridine rings is 1. The molecule has 0 unspecified atom stereocenters. The van der Waals surface area contributed by atoms with E-state index in [0.29, 0.717) is 19.0 Å². The highest BCUT2D eigenvalue weighted by molar-refractivity contribution is 14.0. The molecule has 2 rings (SSSR count). The smallest absolute Gasteiger partial charge is 0.213 e. The first kappa shape index (κ1) is 20.7. The predicted molar refractivity (Wildman–Crippen MR) is 111 cm³/mol. The average molecular weight is 460 g/mol. The van der Waals surface area contributed by atoms with Gasteiger partial charge >= 0.3 is 0 Å². The molecule has 7 heteroatoms. The summed E-state index contributed by atoms with van der Waals surface area (Å²) in [5.74, 6) is 1.46. The van der Waals surface area contributed by atoms with Crippen LogP contribution in [0, 0.1) is 0 Å². The Morgan fingerprint density at radius 2 is 2.08 bits per heavy atom. The predicted octanol–water partition coefficient (Wildman–Crippen LogP) is 3.80. The van der Waals surface area contributed by atoms with Gasteiger partial charge in [0, 0.05) is 25.4 Å². The molecule has 2 N–H and O–H groups in total. The molecule has 0 atom stereocenters.